The van der Waals surface area contributed by atoms with Gasteiger partial charge in [-0.1, -0.05) is 17.2 Å². The number of aromatic nitrogens is 1. The van der Waals surface area contributed by atoms with Crippen molar-refractivity contribution in [3.63, 3.8) is 0 Å². The van der Waals surface area contributed by atoms with Gasteiger partial charge in [-0.3, -0.25) is 0 Å². The third kappa shape index (κ3) is 2.94. The van der Waals surface area contributed by atoms with Gasteiger partial charge >= 0.3 is 0 Å². The Morgan fingerprint density at radius 1 is 1.18 bits per heavy atom. The molecule has 2 rings (SSSR count). The summed E-state index contributed by atoms with van der Waals surface area (Å²) in [5, 5.41) is 0. The lowest BCUT2D eigenvalue weighted by molar-refractivity contribution is 0.499. The molecule has 0 saturated carbocycles. The molecular formula is C14H18N2O. The average Bonchev–Trinajstić information content (AvgIpc) is 2.73. The van der Waals surface area contributed by atoms with E-state index in [1.807, 2.05) is 0 Å². The Bertz CT molecular complexity index is 482. The SMILES string of the molecule is Cc1cc(C)cc(-c2cnc(CCCN)o2)c1. The molecule has 2 aromatic rings. The zero-order valence-corrected chi connectivity index (χ0v) is 10.4. The highest BCUT2D eigenvalue weighted by Crippen LogP contribution is 2.23. The van der Waals surface area contributed by atoms with Gasteiger partial charge in [0, 0.05) is 12.0 Å². The molecule has 3 nitrogen and oxygen atoms in total. The van der Waals surface area contributed by atoms with E-state index in [0.717, 1.165) is 30.1 Å². The molecule has 0 radical (unpaired) electrons. The van der Waals surface area contributed by atoms with E-state index in [0.29, 0.717) is 6.54 Å². The number of hydrogen-bond acceptors (Lipinski definition) is 3. The van der Waals surface area contributed by atoms with Gasteiger partial charge in [0.15, 0.2) is 11.7 Å². The molecule has 0 aliphatic carbocycles. The second-order valence-electron chi connectivity index (χ2n) is 4.39. The minimum atomic E-state index is 0.668. The molecule has 0 aliphatic rings. The van der Waals surface area contributed by atoms with Gasteiger partial charge in [0.25, 0.3) is 0 Å². The van der Waals surface area contributed by atoms with E-state index in [9.17, 15) is 0 Å². The first-order valence-electron chi connectivity index (χ1n) is 5.92. The number of oxazole rings is 1. The lowest BCUT2D eigenvalue weighted by Gasteiger charge is -2.01. The van der Waals surface area contributed by atoms with Crippen molar-refractivity contribution in [3.05, 3.63) is 41.4 Å². The van der Waals surface area contributed by atoms with Crippen molar-refractivity contribution in [2.45, 2.75) is 26.7 Å². The first-order chi connectivity index (χ1) is 8.19. The fourth-order valence-electron chi connectivity index (χ4n) is 1.93. The van der Waals surface area contributed by atoms with Crippen molar-refractivity contribution in [1.82, 2.24) is 4.98 Å². The zero-order valence-electron chi connectivity index (χ0n) is 10.4. The van der Waals surface area contributed by atoms with Crippen LogP contribution in [0.25, 0.3) is 11.3 Å². The van der Waals surface area contributed by atoms with E-state index in [1.54, 1.807) is 6.20 Å². The monoisotopic (exact) mass is 230 g/mol. The predicted octanol–water partition coefficient (Wildman–Crippen LogP) is 2.85. The van der Waals surface area contributed by atoms with E-state index in [4.69, 9.17) is 10.2 Å². The molecule has 0 atom stereocenters. The summed E-state index contributed by atoms with van der Waals surface area (Å²) in [4.78, 5) is 4.27. The van der Waals surface area contributed by atoms with Crippen molar-refractivity contribution in [2.24, 2.45) is 5.73 Å². The number of aryl methyl sites for hydroxylation is 3. The van der Waals surface area contributed by atoms with E-state index in [2.05, 4.69) is 37.0 Å². The first-order valence-corrected chi connectivity index (χ1v) is 5.92. The molecule has 90 valence electrons. The first kappa shape index (κ1) is 11.9. The third-order valence-corrected chi connectivity index (χ3v) is 2.65. The van der Waals surface area contributed by atoms with Gasteiger partial charge in [-0.2, -0.15) is 0 Å². The van der Waals surface area contributed by atoms with E-state index < -0.39 is 0 Å². The fraction of sp³-hybridized carbons (Fsp3) is 0.357. The van der Waals surface area contributed by atoms with Crippen molar-refractivity contribution < 1.29 is 4.42 Å². The van der Waals surface area contributed by atoms with E-state index >= 15 is 0 Å². The number of hydrogen-bond donors (Lipinski definition) is 1. The van der Waals surface area contributed by atoms with Crippen molar-refractivity contribution in [2.75, 3.05) is 6.54 Å². The van der Waals surface area contributed by atoms with E-state index in [1.165, 1.54) is 11.1 Å². The second-order valence-corrected chi connectivity index (χ2v) is 4.39. The Labute approximate surface area is 102 Å². The smallest absolute Gasteiger partial charge is 0.194 e. The summed E-state index contributed by atoms with van der Waals surface area (Å²) in [5.74, 6) is 1.61. The van der Waals surface area contributed by atoms with Crippen LogP contribution in [0.2, 0.25) is 0 Å². The van der Waals surface area contributed by atoms with Crippen LogP contribution in [0.15, 0.2) is 28.8 Å². The van der Waals surface area contributed by atoms with Crippen LogP contribution < -0.4 is 5.73 Å². The number of rotatable bonds is 4. The molecule has 1 heterocycles. The van der Waals surface area contributed by atoms with Crippen LogP contribution in [0.4, 0.5) is 0 Å². The van der Waals surface area contributed by atoms with Gasteiger partial charge in [0.2, 0.25) is 0 Å². The number of nitrogens with zero attached hydrogens (tertiary/aromatic N) is 1. The minimum Gasteiger partial charge on any atom is -0.441 e. The topological polar surface area (TPSA) is 52.0 Å². The maximum Gasteiger partial charge on any atom is 0.194 e. The van der Waals surface area contributed by atoms with Gasteiger partial charge in [-0.05, 0) is 38.9 Å². The quantitative estimate of drug-likeness (QED) is 0.878. The molecule has 1 aromatic carbocycles. The molecule has 0 aliphatic heterocycles. The lowest BCUT2D eigenvalue weighted by atomic mass is 10.1. The molecule has 0 fully saturated rings. The molecule has 0 bridgehead atoms. The maximum atomic E-state index is 5.72. The summed E-state index contributed by atoms with van der Waals surface area (Å²) in [6.45, 7) is 4.84. The molecule has 0 spiro atoms. The van der Waals surface area contributed by atoms with Gasteiger partial charge in [0.05, 0.1) is 6.20 Å². The third-order valence-electron chi connectivity index (χ3n) is 2.65. The Morgan fingerprint density at radius 3 is 2.53 bits per heavy atom. The highest BCUT2D eigenvalue weighted by molar-refractivity contribution is 5.58. The highest BCUT2D eigenvalue weighted by Gasteiger charge is 2.06. The standard InChI is InChI=1S/C14H18N2O/c1-10-6-11(2)8-12(7-10)13-9-16-14(17-13)4-3-5-15/h6-9H,3-5,15H2,1-2H3. The van der Waals surface area contributed by atoms with Crippen LogP contribution in [0.3, 0.4) is 0 Å². The zero-order chi connectivity index (χ0) is 12.3. The molecule has 17 heavy (non-hydrogen) atoms. The minimum absolute atomic E-state index is 0.668. The van der Waals surface area contributed by atoms with Crippen LogP contribution in [-0.2, 0) is 6.42 Å². The van der Waals surface area contributed by atoms with Crippen LogP contribution >= 0.6 is 0 Å². The Hall–Kier alpha value is -1.61. The molecule has 0 unspecified atom stereocenters. The Kier molecular flexibility index (Phi) is 3.59. The van der Waals surface area contributed by atoms with Crippen molar-refractivity contribution >= 4 is 0 Å². The lowest BCUT2D eigenvalue weighted by Crippen LogP contribution is -2.00. The number of benzene rings is 1. The summed E-state index contributed by atoms with van der Waals surface area (Å²) < 4.78 is 5.72. The largest absolute Gasteiger partial charge is 0.441 e. The second kappa shape index (κ2) is 5.15. The van der Waals surface area contributed by atoms with Crippen LogP contribution in [0.5, 0.6) is 0 Å². The normalized spacial score (nSPS) is 10.8. The summed E-state index contributed by atoms with van der Waals surface area (Å²) in [7, 11) is 0. The van der Waals surface area contributed by atoms with Gasteiger partial charge in [-0.15, -0.1) is 0 Å². The molecule has 0 amide bonds. The Balaban J connectivity index is 2.24. The maximum absolute atomic E-state index is 5.72. The molecule has 0 saturated heterocycles. The fourth-order valence-corrected chi connectivity index (χ4v) is 1.93. The van der Waals surface area contributed by atoms with Crippen LogP contribution in [0, 0.1) is 13.8 Å². The van der Waals surface area contributed by atoms with Gasteiger partial charge < -0.3 is 10.2 Å². The summed E-state index contributed by atoms with van der Waals surface area (Å²) in [5.41, 5.74) is 9.03. The predicted molar refractivity (Wildman–Crippen MR) is 68.8 cm³/mol. The molecule has 2 N–H and O–H groups in total. The highest BCUT2D eigenvalue weighted by atomic mass is 16.4. The summed E-state index contributed by atoms with van der Waals surface area (Å²) >= 11 is 0. The number of nitrogens with two attached hydrogens (primary N) is 1. The van der Waals surface area contributed by atoms with Crippen molar-refractivity contribution in [3.8, 4) is 11.3 Å². The molecular weight excluding hydrogens is 212 g/mol. The molecule has 1 aromatic heterocycles. The summed E-state index contributed by atoms with van der Waals surface area (Å²) in [6, 6.07) is 6.37. The molecule has 3 heteroatoms. The van der Waals surface area contributed by atoms with Gasteiger partial charge in [0.1, 0.15) is 0 Å². The van der Waals surface area contributed by atoms with Crippen LogP contribution in [-0.4, -0.2) is 11.5 Å². The Morgan fingerprint density at radius 2 is 1.88 bits per heavy atom. The van der Waals surface area contributed by atoms with Crippen molar-refractivity contribution in [1.29, 1.82) is 0 Å². The van der Waals surface area contributed by atoms with E-state index in [-0.39, 0.29) is 0 Å². The summed E-state index contributed by atoms with van der Waals surface area (Å²) in [6.07, 6.45) is 3.51. The average molecular weight is 230 g/mol. The van der Waals surface area contributed by atoms with Crippen LogP contribution in [0.1, 0.15) is 23.4 Å². The van der Waals surface area contributed by atoms with Gasteiger partial charge in [-0.25, -0.2) is 4.98 Å².